The first-order valence-electron chi connectivity index (χ1n) is 8.56. The van der Waals surface area contributed by atoms with Gasteiger partial charge in [0.1, 0.15) is 5.75 Å². The van der Waals surface area contributed by atoms with Gasteiger partial charge in [0, 0.05) is 29.2 Å². The average molecular weight is 362 g/mol. The molecule has 7 nitrogen and oxygen atoms in total. The van der Waals surface area contributed by atoms with Gasteiger partial charge in [0.05, 0.1) is 7.11 Å². The van der Waals surface area contributed by atoms with Crippen LogP contribution in [-0.4, -0.2) is 34.7 Å². The van der Waals surface area contributed by atoms with E-state index in [4.69, 9.17) is 9.26 Å². The summed E-state index contributed by atoms with van der Waals surface area (Å²) in [6.45, 7) is 0.435. The Labute approximate surface area is 155 Å². The van der Waals surface area contributed by atoms with Gasteiger partial charge in [-0.15, -0.1) is 0 Å². The highest BCUT2D eigenvalue weighted by Crippen LogP contribution is 2.26. The molecule has 0 unspecified atom stereocenters. The number of aromatic amines is 1. The Morgan fingerprint density at radius 1 is 1.19 bits per heavy atom. The minimum atomic E-state index is -0.400. The number of carbonyl (C=O) groups excluding carboxylic acids is 1. The molecule has 0 aliphatic carbocycles. The van der Waals surface area contributed by atoms with Gasteiger partial charge in [0.2, 0.25) is 5.82 Å². The maximum Gasteiger partial charge on any atom is 0.316 e. The lowest BCUT2D eigenvalue weighted by molar-refractivity contribution is 0.0910. The van der Waals surface area contributed by atoms with Crippen LogP contribution in [0.25, 0.3) is 22.3 Å². The van der Waals surface area contributed by atoms with Crippen LogP contribution in [0.4, 0.5) is 0 Å². The zero-order chi connectivity index (χ0) is 18.6. The van der Waals surface area contributed by atoms with E-state index in [2.05, 4.69) is 20.4 Å². The number of nitrogens with one attached hydrogen (secondary N) is 2. The van der Waals surface area contributed by atoms with Crippen molar-refractivity contribution in [2.75, 3.05) is 13.7 Å². The summed E-state index contributed by atoms with van der Waals surface area (Å²) in [5, 5.41) is 7.71. The van der Waals surface area contributed by atoms with E-state index in [0.29, 0.717) is 18.8 Å². The first-order chi connectivity index (χ1) is 13.3. The second-order valence-electron chi connectivity index (χ2n) is 5.99. The molecule has 27 heavy (non-hydrogen) atoms. The Balaban J connectivity index is 1.43. The third kappa shape index (κ3) is 3.39. The molecule has 2 aromatic carbocycles. The molecule has 4 rings (SSSR count). The van der Waals surface area contributed by atoms with Gasteiger partial charge in [0.15, 0.2) is 0 Å². The fourth-order valence-corrected chi connectivity index (χ4v) is 2.98. The van der Waals surface area contributed by atoms with E-state index in [1.807, 2.05) is 48.5 Å². The number of methoxy groups -OCH3 is 1. The van der Waals surface area contributed by atoms with E-state index in [1.54, 1.807) is 13.3 Å². The van der Waals surface area contributed by atoms with Crippen LogP contribution < -0.4 is 10.1 Å². The molecule has 0 aliphatic rings. The number of ether oxygens (including phenoxy) is 1. The van der Waals surface area contributed by atoms with Crippen LogP contribution in [0, 0.1) is 0 Å². The van der Waals surface area contributed by atoms with E-state index in [1.165, 1.54) is 0 Å². The summed E-state index contributed by atoms with van der Waals surface area (Å²) >= 11 is 0. The van der Waals surface area contributed by atoms with Crippen LogP contribution in [0.15, 0.2) is 59.3 Å². The summed E-state index contributed by atoms with van der Waals surface area (Å²) in [4.78, 5) is 19.7. The molecule has 0 saturated carbocycles. The molecule has 0 bridgehead atoms. The number of nitrogens with zero attached hydrogens (tertiary/aromatic N) is 2. The Morgan fingerprint density at radius 2 is 2.00 bits per heavy atom. The van der Waals surface area contributed by atoms with Crippen LogP contribution in [-0.2, 0) is 6.42 Å². The molecular weight excluding hydrogens is 344 g/mol. The lowest BCUT2D eigenvalue weighted by Crippen LogP contribution is -2.26. The summed E-state index contributed by atoms with van der Waals surface area (Å²) in [6, 6.07) is 15.5. The van der Waals surface area contributed by atoms with Gasteiger partial charge in [0.25, 0.3) is 0 Å². The molecule has 0 fully saturated rings. The van der Waals surface area contributed by atoms with Gasteiger partial charge < -0.3 is 19.6 Å². The fraction of sp³-hybridized carbons (Fsp3) is 0.150. The minimum absolute atomic E-state index is 0.0599. The Bertz CT molecular complexity index is 1080. The third-order valence-electron chi connectivity index (χ3n) is 4.32. The normalized spacial score (nSPS) is 10.9. The van der Waals surface area contributed by atoms with Crippen LogP contribution in [0.3, 0.4) is 0 Å². The largest absolute Gasteiger partial charge is 0.496 e. The monoisotopic (exact) mass is 362 g/mol. The number of para-hydroxylation sites is 2. The van der Waals surface area contributed by atoms with E-state index >= 15 is 0 Å². The molecule has 1 amide bonds. The van der Waals surface area contributed by atoms with Gasteiger partial charge in [-0.25, -0.2) is 0 Å². The van der Waals surface area contributed by atoms with E-state index in [0.717, 1.165) is 27.8 Å². The summed E-state index contributed by atoms with van der Waals surface area (Å²) in [5.74, 6) is 0.715. The molecule has 0 saturated heterocycles. The number of H-pyrrole nitrogens is 1. The lowest BCUT2D eigenvalue weighted by Gasteiger charge is -2.07. The van der Waals surface area contributed by atoms with Crippen molar-refractivity contribution in [3.63, 3.8) is 0 Å². The molecule has 0 atom stereocenters. The topological polar surface area (TPSA) is 93.0 Å². The third-order valence-corrected chi connectivity index (χ3v) is 4.32. The zero-order valence-electron chi connectivity index (χ0n) is 14.7. The molecular formula is C20H18N4O3. The van der Waals surface area contributed by atoms with Crippen molar-refractivity contribution in [2.24, 2.45) is 0 Å². The van der Waals surface area contributed by atoms with Crippen molar-refractivity contribution in [2.45, 2.75) is 6.42 Å². The maximum atomic E-state index is 12.3. The van der Waals surface area contributed by atoms with Crippen LogP contribution in [0.1, 0.15) is 16.2 Å². The molecule has 0 aliphatic heterocycles. The zero-order valence-corrected chi connectivity index (χ0v) is 14.7. The molecule has 7 heteroatoms. The molecule has 0 spiro atoms. The van der Waals surface area contributed by atoms with E-state index < -0.39 is 5.91 Å². The molecule has 2 aromatic heterocycles. The smallest absolute Gasteiger partial charge is 0.316 e. The van der Waals surface area contributed by atoms with Gasteiger partial charge >= 0.3 is 11.8 Å². The van der Waals surface area contributed by atoms with Crippen molar-refractivity contribution in [1.82, 2.24) is 20.4 Å². The molecule has 136 valence electrons. The minimum Gasteiger partial charge on any atom is -0.496 e. The number of benzene rings is 2. The van der Waals surface area contributed by atoms with Crippen LogP contribution in [0.2, 0.25) is 0 Å². The second-order valence-corrected chi connectivity index (χ2v) is 5.99. The Kier molecular flexibility index (Phi) is 4.57. The molecule has 4 aromatic rings. The maximum absolute atomic E-state index is 12.3. The van der Waals surface area contributed by atoms with E-state index in [9.17, 15) is 4.79 Å². The van der Waals surface area contributed by atoms with E-state index in [-0.39, 0.29) is 5.89 Å². The van der Waals surface area contributed by atoms with Crippen LogP contribution in [0.5, 0.6) is 5.75 Å². The highest BCUT2D eigenvalue weighted by molar-refractivity contribution is 5.94. The summed E-state index contributed by atoms with van der Waals surface area (Å²) in [7, 11) is 1.63. The fourth-order valence-electron chi connectivity index (χ4n) is 2.98. The number of hydrogen-bond donors (Lipinski definition) is 2. The number of carbonyl (C=O) groups is 1. The molecule has 0 radical (unpaired) electrons. The van der Waals surface area contributed by atoms with Crippen molar-refractivity contribution in [3.8, 4) is 17.1 Å². The second kappa shape index (κ2) is 7.33. The summed E-state index contributed by atoms with van der Waals surface area (Å²) in [5.41, 5.74) is 2.79. The van der Waals surface area contributed by atoms with Gasteiger partial charge in [-0.1, -0.05) is 41.6 Å². The number of rotatable bonds is 6. The first kappa shape index (κ1) is 16.8. The van der Waals surface area contributed by atoms with Gasteiger partial charge in [-0.3, -0.25) is 4.79 Å². The van der Waals surface area contributed by atoms with Gasteiger partial charge in [-0.2, -0.15) is 4.98 Å². The quantitative estimate of drug-likeness (QED) is 0.549. The highest BCUT2D eigenvalue weighted by Gasteiger charge is 2.18. The SMILES string of the molecule is COc1ccccc1CCNC(=O)c1nc(-c2c[nH]c3ccccc23)no1. The van der Waals surface area contributed by atoms with Crippen molar-refractivity contribution in [3.05, 3.63) is 66.2 Å². The van der Waals surface area contributed by atoms with Crippen molar-refractivity contribution >= 4 is 16.8 Å². The highest BCUT2D eigenvalue weighted by atomic mass is 16.5. The standard InChI is InChI=1S/C20H18N4O3/c1-26-17-9-5-2-6-13(17)10-11-21-19(25)20-23-18(24-27-20)15-12-22-16-8-4-3-7-14(15)16/h2-9,12,22H,10-11H2,1H3,(H,21,25). The van der Waals surface area contributed by atoms with Crippen molar-refractivity contribution in [1.29, 1.82) is 0 Å². The average Bonchev–Trinajstić information content (AvgIpc) is 3.35. The molecule has 2 heterocycles. The lowest BCUT2D eigenvalue weighted by atomic mass is 10.1. The van der Waals surface area contributed by atoms with Crippen molar-refractivity contribution < 1.29 is 14.1 Å². The summed E-state index contributed by atoms with van der Waals surface area (Å²) in [6.07, 6.45) is 2.44. The molecule has 2 N–H and O–H groups in total. The number of fused-ring (bicyclic) bond motifs is 1. The predicted molar refractivity (Wildman–Crippen MR) is 101 cm³/mol. The number of amides is 1. The predicted octanol–water partition coefficient (Wildman–Crippen LogP) is 3.20. The Hall–Kier alpha value is -3.61. The van der Waals surface area contributed by atoms with Gasteiger partial charge in [-0.05, 0) is 24.1 Å². The first-order valence-corrected chi connectivity index (χ1v) is 8.56. The summed E-state index contributed by atoms with van der Waals surface area (Å²) < 4.78 is 10.4. The van der Waals surface area contributed by atoms with Crippen LogP contribution >= 0.6 is 0 Å². The Morgan fingerprint density at radius 3 is 2.89 bits per heavy atom. The number of hydrogen-bond acceptors (Lipinski definition) is 5. The number of aromatic nitrogens is 3.